The fraction of sp³-hybridized carbons (Fsp3) is 0.250. The second kappa shape index (κ2) is 4.37. The van der Waals surface area contributed by atoms with Crippen molar-refractivity contribution in [2.45, 2.75) is 26.2 Å². The van der Waals surface area contributed by atoms with Gasteiger partial charge in [-0.25, -0.2) is 9.97 Å². The molecular weight excluding hydrogens is 220 g/mol. The normalized spacial score (nSPS) is 13.4. The molecule has 0 bridgehead atoms. The molecule has 0 atom stereocenters. The maximum absolute atomic E-state index is 4.70. The molecule has 1 aliphatic carbocycles. The second-order valence-electron chi connectivity index (χ2n) is 4.86. The minimum Gasteiger partial charge on any atom is -0.237 e. The van der Waals surface area contributed by atoms with Crippen molar-refractivity contribution < 1.29 is 0 Å². The molecule has 0 saturated carbocycles. The molecule has 0 amide bonds. The summed E-state index contributed by atoms with van der Waals surface area (Å²) in [4.78, 5) is 9.10. The van der Waals surface area contributed by atoms with E-state index in [1.54, 1.807) is 0 Å². The summed E-state index contributed by atoms with van der Waals surface area (Å²) in [5, 5.41) is 0. The zero-order valence-electron chi connectivity index (χ0n) is 10.6. The Kier molecular flexibility index (Phi) is 2.71. The summed E-state index contributed by atoms with van der Waals surface area (Å²) >= 11 is 0. The number of nitrogens with zero attached hydrogens (tertiary/aromatic N) is 2. The van der Waals surface area contributed by atoms with Crippen LogP contribution in [-0.4, -0.2) is 9.97 Å². The first-order valence-electron chi connectivity index (χ1n) is 6.36. The van der Waals surface area contributed by atoms with Crippen molar-refractivity contribution in [3.05, 3.63) is 54.0 Å². The van der Waals surface area contributed by atoms with E-state index < -0.39 is 0 Å². The van der Waals surface area contributed by atoms with Gasteiger partial charge in [-0.2, -0.15) is 0 Å². The van der Waals surface area contributed by atoms with Gasteiger partial charge in [-0.3, -0.25) is 0 Å². The Labute approximate surface area is 107 Å². The van der Waals surface area contributed by atoms with Crippen LogP contribution in [-0.2, 0) is 12.8 Å². The first kappa shape index (κ1) is 11.1. The second-order valence-corrected chi connectivity index (χ2v) is 4.86. The summed E-state index contributed by atoms with van der Waals surface area (Å²) < 4.78 is 0. The van der Waals surface area contributed by atoms with Crippen molar-refractivity contribution in [1.29, 1.82) is 0 Å². The lowest BCUT2D eigenvalue weighted by Crippen LogP contribution is -1.98. The molecular formula is C16H16N2. The largest absolute Gasteiger partial charge is 0.237 e. The Bertz CT molecular complexity index is 614. The zero-order valence-corrected chi connectivity index (χ0v) is 10.6. The quantitative estimate of drug-likeness (QED) is 0.755. The number of aromatic nitrogens is 2. The Morgan fingerprint density at radius 2 is 1.94 bits per heavy atom. The molecule has 1 aromatic heterocycles. The molecule has 0 saturated heterocycles. The maximum atomic E-state index is 4.70. The highest BCUT2D eigenvalue weighted by Crippen LogP contribution is 2.30. The van der Waals surface area contributed by atoms with Crippen LogP contribution < -0.4 is 0 Å². The standard InChI is InChI=1S/C16H16N2/c1-11(2)16-17-10-13-8-5-7-12-6-3-4-9-14(12)15(13)18-16/h3-4,6,9-10H,1,5,7-8H2,2H3. The lowest BCUT2D eigenvalue weighted by Gasteiger charge is -2.09. The zero-order chi connectivity index (χ0) is 12.5. The molecule has 0 spiro atoms. The summed E-state index contributed by atoms with van der Waals surface area (Å²) in [6, 6.07) is 8.54. The number of allylic oxidation sites excluding steroid dienone is 1. The molecule has 0 unspecified atom stereocenters. The highest BCUT2D eigenvalue weighted by molar-refractivity contribution is 5.69. The third-order valence-corrected chi connectivity index (χ3v) is 3.41. The van der Waals surface area contributed by atoms with Crippen molar-refractivity contribution in [2.24, 2.45) is 0 Å². The van der Waals surface area contributed by atoms with Gasteiger partial charge < -0.3 is 0 Å². The predicted octanol–water partition coefficient (Wildman–Crippen LogP) is 3.67. The molecule has 1 aromatic carbocycles. The number of fused-ring (bicyclic) bond motifs is 3. The topological polar surface area (TPSA) is 25.8 Å². The molecule has 0 radical (unpaired) electrons. The Balaban J connectivity index is 2.24. The SMILES string of the molecule is C=C(C)c1ncc2c(n1)-c1ccccc1CCC2. The molecule has 2 heteroatoms. The summed E-state index contributed by atoms with van der Waals surface area (Å²) in [5.74, 6) is 0.755. The van der Waals surface area contributed by atoms with Gasteiger partial charge in [0.15, 0.2) is 5.82 Å². The highest BCUT2D eigenvalue weighted by Gasteiger charge is 2.16. The van der Waals surface area contributed by atoms with Crippen LogP contribution in [0.2, 0.25) is 0 Å². The fourth-order valence-electron chi connectivity index (χ4n) is 2.47. The van der Waals surface area contributed by atoms with Crippen molar-refractivity contribution in [2.75, 3.05) is 0 Å². The number of aryl methyl sites for hydroxylation is 2. The summed E-state index contributed by atoms with van der Waals surface area (Å²) in [7, 11) is 0. The van der Waals surface area contributed by atoms with E-state index in [-0.39, 0.29) is 0 Å². The number of hydrogen-bond donors (Lipinski definition) is 0. The Hall–Kier alpha value is -1.96. The van der Waals surface area contributed by atoms with E-state index in [0.717, 1.165) is 29.9 Å². The van der Waals surface area contributed by atoms with Gasteiger partial charge in [0.2, 0.25) is 0 Å². The summed E-state index contributed by atoms with van der Waals surface area (Å²) in [5.41, 5.74) is 5.91. The summed E-state index contributed by atoms with van der Waals surface area (Å²) in [6.45, 7) is 5.88. The van der Waals surface area contributed by atoms with Crippen LogP contribution in [0, 0.1) is 0 Å². The van der Waals surface area contributed by atoms with Gasteiger partial charge in [0.25, 0.3) is 0 Å². The van der Waals surface area contributed by atoms with Gasteiger partial charge in [0, 0.05) is 11.8 Å². The molecule has 1 aliphatic rings. The number of hydrogen-bond acceptors (Lipinski definition) is 2. The molecule has 2 aromatic rings. The van der Waals surface area contributed by atoms with Gasteiger partial charge >= 0.3 is 0 Å². The van der Waals surface area contributed by atoms with Crippen LogP contribution in [0.3, 0.4) is 0 Å². The van der Waals surface area contributed by atoms with E-state index in [1.165, 1.54) is 23.1 Å². The molecule has 2 nitrogen and oxygen atoms in total. The fourth-order valence-corrected chi connectivity index (χ4v) is 2.47. The van der Waals surface area contributed by atoms with Gasteiger partial charge in [-0.05, 0) is 42.9 Å². The van der Waals surface area contributed by atoms with E-state index in [2.05, 4.69) is 35.8 Å². The van der Waals surface area contributed by atoms with Crippen molar-refractivity contribution in [1.82, 2.24) is 9.97 Å². The van der Waals surface area contributed by atoms with E-state index in [1.807, 2.05) is 13.1 Å². The minimum absolute atomic E-state index is 0.755. The van der Waals surface area contributed by atoms with Crippen molar-refractivity contribution in [3.8, 4) is 11.3 Å². The molecule has 0 aliphatic heterocycles. The van der Waals surface area contributed by atoms with E-state index in [4.69, 9.17) is 4.98 Å². The van der Waals surface area contributed by atoms with Crippen LogP contribution >= 0.6 is 0 Å². The van der Waals surface area contributed by atoms with Crippen LogP contribution in [0.15, 0.2) is 37.0 Å². The smallest absolute Gasteiger partial charge is 0.154 e. The average molecular weight is 236 g/mol. The monoisotopic (exact) mass is 236 g/mol. The molecule has 90 valence electrons. The molecule has 3 rings (SSSR count). The Morgan fingerprint density at radius 1 is 1.17 bits per heavy atom. The number of rotatable bonds is 1. The third kappa shape index (κ3) is 1.84. The van der Waals surface area contributed by atoms with E-state index in [9.17, 15) is 0 Å². The third-order valence-electron chi connectivity index (χ3n) is 3.41. The van der Waals surface area contributed by atoms with Gasteiger partial charge in [-0.15, -0.1) is 0 Å². The average Bonchev–Trinajstić information content (AvgIpc) is 2.57. The maximum Gasteiger partial charge on any atom is 0.154 e. The van der Waals surface area contributed by atoms with Crippen LogP contribution in [0.25, 0.3) is 16.8 Å². The van der Waals surface area contributed by atoms with Gasteiger partial charge in [0.1, 0.15) is 0 Å². The van der Waals surface area contributed by atoms with Crippen LogP contribution in [0.4, 0.5) is 0 Å². The summed E-state index contributed by atoms with van der Waals surface area (Å²) in [6.07, 6.45) is 5.31. The van der Waals surface area contributed by atoms with Crippen LogP contribution in [0.5, 0.6) is 0 Å². The Morgan fingerprint density at radius 3 is 2.78 bits per heavy atom. The lowest BCUT2D eigenvalue weighted by atomic mass is 10.0. The molecule has 0 N–H and O–H groups in total. The highest BCUT2D eigenvalue weighted by atomic mass is 14.9. The minimum atomic E-state index is 0.755. The lowest BCUT2D eigenvalue weighted by molar-refractivity contribution is 0.828. The first-order chi connectivity index (χ1) is 8.75. The van der Waals surface area contributed by atoms with Crippen LogP contribution in [0.1, 0.15) is 30.3 Å². The van der Waals surface area contributed by atoms with E-state index >= 15 is 0 Å². The first-order valence-corrected chi connectivity index (χ1v) is 6.36. The van der Waals surface area contributed by atoms with Crippen molar-refractivity contribution >= 4 is 5.57 Å². The predicted molar refractivity (Wildman–Crippen MR) is 74.2 cm³/mol. The number of benzene rings is 1. The van der Waals surface area contributed by atoms with Gasteiger partial charge in [-0.1, -0.05) is 30.8 Å². The molecule has 0 fully saturated rings. The van der Waals surface area contributed by atoms with Crippen molar-refractivity contribution in [3.63, 3.8) is 0 Å². The molecule has 1 heterocycles. The van der Waals surface area contributed by atoms with Gasteiger partial charge in [0.05, 0.1) is 5.69 Å². The molecule has 18 heavy (non-hydrogen) atoms. The van der Waals surface area contributed by atoms with E-state index in [0.29, 0.717) is 0 Å².